The summed E-state index contributed by atoms with van der Waals surface area (Å²) in [6, 6.07) is 2.35. The van der Waals surface area contributed by atoms with Gasteiger partial charge in [-0.3, -0.25) is 4.79 Å². The molecule has 0 aromatic rings. The molecule has 1 fully saturated rings. The average Bonchev–Trinajstić information content (AvgIpc) is 2.65. The molecule has 1 aliphatic carbocycles. The van der Waals surface area contributed by atoms with Crippen LogP contribution in [0.3, 0.4) is 0 Å². The molecule has 0 aliphatic heterocycles. The Morgan fingerprint density at radius 1 is 1.53 bits per heavy atom. The fraction of sp³-hybridized carbons (Fsp3) is 0.833. The van der Waals surface area contributed by atoms with Crippen molar-refractivity contribution < 1.29 is 4.79 Å². The van der Waals surface area contributed by atoms with Gasteiger partial charge in [-0.05, 0) is 25.7 Å². The summed E-state index contributed by atoms with van der Waals surface area (Å²) in [5.41, 5.74) is -0.317. The van der Waals surface area contributed by atoms with E-state index in [1.165, 1.54) is 0 Å². The van der Waals surface area contributed by atoms with E-state index in [9.17, 15) is 4.79 Å². The summed E-state index contributed by atoms with van der Waals surface area (Å²) in [7, 11) is 0. The molecule has 1 aliphatic rings. The topological polar surface area (TPSA) is 52.9 Å². The van der Waals surface area contributed by atoms with E-state index in [-0.39, 0.29) is 23.3 Å². The molecule has 0 heterocycles. The second kappa shape index (κ2) is 4.65. The number of nitrogens with one attached hydrogen (secondary N) is 1. The van der Waals surface area contributed by atoms with Crippen LogP contribution in [0.2, 0.25) is 0 Å². The van der Waals surface area contributed by atoms with Crippen LogP contribution in [0.25, 0.3) is 0 Å². The Morgan fingerprint density at radius 3 is 2.73 bits per heavy atom. The molecule has 0 radical (unpaired) electrons. The van der Waals surface area contributed by atoms with Gasteiger partial charge in [0.05, 0.1) is 12.0 Å². The Morgan fingerprint density at radius 2 is 2.20 bits per heavy atom. The van der Waals surface area contributed by atoms with E-state index < -0.39 is 0 Å². The van der Waals surface area contributed by atoms with Crippen LogP contribution in [0.15, 0.2) is 0 Å². The fourth-order valence-corrected chi connectivity index (χ4v) is 1.81. The van der Waals surface area contributed by atoms with Crippen molar-refractivity contribution >= 4 is 5.91 Å². The molecule has 1 saturated carbocycles. The molecule has 2 unspecified atom stereocenters. The first kappa shape index (κ1) is 12.0. The van der Waals surface area contributed by atoms with E-state index in [1.54, 1.807) is 0 Å². The lowest BCUT2D eigenvalue weighted by Gasteiger charge is -2.25. The second-order valence-electron chi connectivity index (χ2n) is 4.98. The van der Waals surface area contributed by atoms with Gasteiger partial charge in [0.1, 0.15) is 0 Å². The number of carbonyl (C=O) groups is 1. The molecule has 3 heteroatoms. The van der Waals surface area contributed by atoms with Crippen molar-refractivity contribution in [1.29, 1.82) is 5.26 Å². The summed E-state index contributed by atoms with van der Waals surface area (Å²) < 4.78 is 0. The summed E-state index contributed by atoms with van der Waals surface area (Å²) in [6.45, 7) is 5.90. The molecule has 0 aromatic heterocycles. The van der Waals surface area contributed by atoms with Crippen LogP contribution in [0.1, 0.15) is 46.5 Å². The normalized spacial score (nSPS) is 26.0. The van der Waals surface area contributed by atoms with Crippen molar-refractivity contribution in [2.75, 3.05) is 0 Å². The number of hydrogen-bond donors (Lipinski definition) is 1. The highest BCUT2D eigenvalue weighted by Crippen LogP contribution is 2.27. The molecular weight excluding hydrogens is 188 g/mol. The van der Waals surface area contributed by atoms with Crippen molar-refractivity contribution in [2.45, 2.75) is 52.5 Å². The van der Waals surface area contributed by atoms with Crippen molar-refractivity contribution in [3.63, 3.8) is 0 Å². The molecule has 0 aromatic carbocycles. The zero-order chi connectivity index (χ0) is 11.5. The third kappa shape index (κ3) is 2.71. The highest BCUT2D eigenvalue weighted by Gasteiger charge is 2.32. The maximum atomic E-state index is 11.9. The molecule has 15 heavy (non-hydrogen) atoms. The van der Waals surface area contributed by atoms with E-state index in [4.69, 9.17) is 5.26 Å². The lowest BCUT2D eigenvalue weighted by atomic mass is 9.88. The third-order valence-corrected chi connectivity index (χ3v) is 3.50. The first-order valence-electron chi connectivity index (χ1n) is 5.72. The Kier molecular flexibility index (Phi) is 3.73. The smallest absolute Gasteiger partial charge is 0.225 e. The van der Waals surface area contributed by atoms with E-state index in [1.807, 2.05) is 20.8 Å². The molecule has 0 saturated heterocycles. The Balaban J connectivity index is 2.55. The maximum absolute atomic E-state index is 11.9. The van der Waals surface area contributed by atoms with Crippen LogP contribution in [0.5, 0.6) is 0 Å². The molecular formula is C12H20N2O. The van der Waals surface area contributed by atoms with Crippen molar-refractivity contribution in [1.82, 2.24) is 5.32 Å². The van der Waals surface area contributed by atoms with Gasteiger partial charge in [-0.25, -0.2) is 0 Å². The quantitative estimate of drug-likeness (QED) is 0.773. The number of nitrogens with zero attached hydrogens (tertiary/aromatic N) is 1. The lowest BCUT2D eigenvalue weighted by molar-refractivity contribution is -0.130. The van der Waals surface area contributed by atoms with Gasteiger partial charge in [-0.2, -0.15) is 5.26 Å². The molecule has 0 bridgehead atoms. The summed E-state index contributed by atoms with van der Waals surface area (Å²) in [5.74, 6) is 0.0961. The van der Waals surface area contributed by atoms with Gasteiger partial charge >= 0.3 is 0 Å². The first-order valence-corrected chi connectivity index (χ1v) is 5.72. The Bertz CT molecular complexity index is 278. The van der Waals surface area contributed by atoms with Crippen LogP contribution in [0, 0.1) is 22.7 Å². The summed E-state index contributed by atoms with van der Waals surface area (Å²) in [5, 5.41) is 11.9. The molecule has 1 amide bonds. The van der Waals surface area contributed by atoms with Crippen LogP contribution in [0.4, 0.5) is 0 Å². The van der Waals surface area contributed by atoms with E-state index in [0.29, 0.717) is 0 Å². The minimum absolute atomic E-state index is 0.0154. The summed E-state index contributed by atoms with van der Waals surface area (Å²) >= 11 is 0. The zero-order valence-corrected chi connectivity index (χ0v) is 9.84. The van der Waals surface area contributed by atoms with E-state index in [2.05, 4.69) is 11.4 Å². The van der Waals surface area contributed by atoms with Gasteiger partial charge in [0, 0.05) is 11.5 Å². The zero-order valence-electron chi connectivity index (χ0n) is 9.84. The summed E-state index contributed by atoms with van der Waals surface area (Å²) in [4.78, 5) is 11.9. The minimum Gasteiger partial charge on any atom is -0.352 e. The maximum Gasteiger partial charge on any atom is 0.225 e. The number of carbonyl (C=O) groups excluding carboxylic acids is 1. The Hall–Kier alpha value is -1.04. The number of amides is 1. The van der Waals surface area contributed by atoms with E-state index in [0.717, 1.165) is 25.7 Å². The number of hydrogen-bond acceptors (Lipinski definition) is 2. The first-order chi connectivity index (χ1) is 7.01. The predicted molar refractivity (Wildman–Crippen MR) is 59.0 cm³/mol. The van der Waals surface area contributed by atoms with Gasteiger partial charge in [-0.15, -0.1) is 0 Å². The van der Waals surface area contributed by atoms with Crippen molar-refractivity contribution in [2.24, 2.45) is 11.3 Å². The molecule has 1 rings (SSSR count). The van der Waals surface area contributed by atoms with Crippen LogP contribution in [-0.4, -0.2) is 11.9 Å². The molecule has 1 N–H and O–H groups in total. The van der Waals surface area contributed by atoms with Crippen molar-refractivity contribution in [3.8, 4) is 6.07 Å². The van der Waals surface area contributed by atoms with Gasteiger partial charge in [0.15, 0.2) is 0 Å². The fourth-order valence-electron chi connectivity index (χ4n) is 1.81. The molecule has 84 valence electrons. The van der Waals surface area contributed by atoms with E-state index >= 15 is 0 Å². The third-order valence-electron chi connectivity index (χ3n) is 3.50. The highest BCUT2D eigenvalue weighted by molar-refractivity contribution is 5.82. The Labute approximate surface area is 91.9 Å². The summed E-state index contributed by atoms with van der Waals surface area (Å²) in [6.07, 6.45) is 3.75. The predicted octanol–water partition coefficient (Wildman–Crippen LogP) is 2.23. The van der Waals surface area contributed by atoms with Gasteiger partial charge in [-0.1, -0.05) is 20.8 Å². The minimum atomic E-state index is -0.317. The number of nitriles is 1. The monoisotopic (exact) mass is 208 g/mol. The SMILES string of the molecule is CCC(C)(C)C(=O)NC1CCCC1C#N. The van der Waals surface area contributed by atoms with Crippen LogP contribution < -0.4 is 5.32 Å². The molecule has 0 spiro atoms. The lowest BCUT2D eigenvalue weighted by Crippen LogP contribution is -2.44. The second-order valence-corrected chi connectivity index (χ2v) is 4.98. The standard InChI is InChI=1S/C12H20N2O/c1-4-12(2,3)11(15)14-10-7-5-6-9(10)8-13/h9-10H,4-7H2,1-3H3,(H,14,15). The van der Waals surface area contributed by atoms with Gasteiger partial charge in [0.2, 0.25) is 5.91 Å². The van der Waals surface area contributed by atoms with Crippen LogP contribution in [-0.2, 0) is 4.79 Å². The number of rotatable bonds is 3. The van der Waals surface area contributed by atoms with Gasteiger partial charge < -0.3 is 5.32 Å². The molecule has 3 nitrogen and oxygen atoms in total. The van der Waals surface area contributed by atoms with Gasteiger partial charge in [0.25, 0.3) is 0 Å². The largest absolute Gasteiger partial charge is 0.352 e. The van der Waals surface area contributed by atoms with Crippen LogP contribution >= 0.6 is 0 Å². The molecule has 2 atom stereocenters. The highest BCUT2D eigenvalue weighted by atomic mass is 16.2. The van der Waals surface area contributed by atoms with Crippen molar-refractivity contribution in [3.05, 3.63) is 0 Å². The average molecular weight is 208 g/mol.